The highest BCUT2D eigenvalue weighted by atomic mass is 79.9. The van der Waals surface area contributed by atoms with Gasteiger partial charge in [-0.3, -0.25) is 24.1 Å². The number of amides is 3. The normalized spacial score (nSPS) is 26.8. The van der Waals surface area contributed by atoms with Crippen molar-refractivity contribution in [1.29, 1.82) is 0 Å². The Morgan fingerprint density at radius 2 is 1.73 bits per heavy atom. The second kappa shape index (κ2) is 8.13. The van der Waals surface area contributed by atoms with E-state index < -0.39 is 18.5 Å². The summed E-state index contributed by atoms with van der Waals surface area (Å²) >= 11 is 3.44. The van der Waals surface area contributed by atoms with Crippen LogP contribution >= 0.6 is 15.9 Å². The molecule has 160 valence electrons. The Bertz CT molecular complexity index is 902. The summed E-state index contributed by atoms with van der Waals surface area (Å²) in [5.41, 5.74) is 2.52. The molecule has 0 spiro atoms. The zero-order chi connectivity index (χ0) is 21.6. The van der Waals surface area contributed by atoms with Crippen LogP contribution < -0.4 is 5.32 Å². The summed E-state index contributed by atoms with van der Waals surface area (Å²) in [4.78, 5) is 50.7. The SMILES string of the molecule is Cc1cc(NC(=O)COC(=O)CCN2C(=O)[C@@H]3[C@H]4CC[C@@H](C4)[C@@H]3C2=O)c(C)cc1Br. The van der Waals surface area contributed by atoms with Crippen molar-refractivity contribution in [2.75, 3.05) is 18.5 Å². The fourth-order valence-corrected chi connectivity index (χ4v) is 5.67. The third-order valence-electron chi connectivity index (χ3n) is 6.70. The van der Waals surface area contributed by atoms with Gasteiger partial charge in [0.05, 0.1) is 18.3 Å². The summed E-state index contributed by atoms with van der Waals surface area (Å²) in [6.45, 7) is 3.40. The van der Waals surface area contributed by atoms with E-state index >= 15 is 0 Å². The van der Waals surface area contributed by atoms with E-state index in [2.05, 4.69) is 21.2 Å². The molecular formula is C22H25BrN2O5. The Labute approximate surface area is 183 Å². The second-order valence-corrected chi connectivity index (χ2v) is 9.44. The van der Waals surface area contributed by atoms with Crippen LogP contribution in [0.15, 0.2) is 16.6 Å². The largest absolute Gasteiger partial charge is 0.456 e. The van der Waals surface area contributed by atoms with Gasteiger partial charge in [0.25, 0.3) is 5.91 Å². The molecule has 30 heavy (non-hydrogen) atoms. The number of aryl methyl sites for hydroxylation is 2. The van der Waals surface area contributed by atoms with E-state index in [9.17, 15) is 19.2 Å². The molecule has 1 saturated heterocycles. The highest BCUT2D eigenvalue weighted by Gasteiger charge is 2.60. The van der Waals surface area contributed by atoms with Gasteiger partial charge < -0.3 is 10.1 Å². The number of hydrogen-bond acceptors (Lipinski definition) is 5. The Morgan fingerprint density at radius 3 is 2.37 bits per heavy atom. The maximum atomic E-state index is 12.6. The molecule has 4 atom stereocenters. The number of anilines is 1. The second-order valence-electron chi connectivity index (χ2n) is 8.59. The van der Waals surface area contributed by atoms with Gasteiger partial charge in [-0.1, -0.05) is 15.9 Å². The van der Waals surface area contributed by atoms with Crippen molar-refractivity contribution in [2.24, 2.45) is 23.7 Å². The molecular weight excluding hydrogens is 452 g/mol. The van der Waals surface area contributed by atoms with Crippen LogP contribution in [0.25, 0.3) is 0 Å². The highest BCUT2D eigenvalue weighted by Crippen LogP contribution is 2.56. The molecule has 1 aliphatic heterocycles. The molecule has 7 nitrogen and oxygen atoms in total. The number of esters is 1. The van der Waals surface area contributed by atoms with Gasteiger partial charge in [-0.05, 0) is 68.2 Å². The summed E-state index contributed by atoms with van der Waals surface area (Å²) in [5, 5.41) is 2.73. The molecule has 2 saturated carbocycles. The fourth-order valence-electron chi connectivity index (χ4n) is 5.21. The van der Waals surface area contributed by atoms with E-state index in [1.165, 1.54) is 4.90 Å². The Kier molecular flexibility index (Phi) is 5.70. The molecule has 2 aliphatic carbocycles. The predicted octanol–water partition coefficient (Wildman–Crippen LogP) is 2.97. The van der Waals surface area contributed by atoms with Crippen molar-refractivity contribution in [3.63, 3.8) is 0 Å². The van der Waals surface area contributed by atoms with Crippen LogP contribution in [-0.4, -0.2) is 41.7 Å². The van der Waals surface area contributed by atoms with Crippen molar-refractivity contribution in [3.8, 4) is 0 Å². The van der Waals surface area contributed by atoms with Crippen LogP contribution in [0.1, 0.15) is 36.8 Å². The molecule has 1 heterocycles. The van der Waals surface area contributed by atoms with Crippen molar-refractivity contribution in [3.05, 3.63) is 27.7 Å². The van der Waals surface area contributed by atoms with Crippen molar-refractivity contribution in [2.45, 2.75) is 39.5 Å². The van der Waals surface area contributed by atoms with E-state index in [0.29, 0.717) is 17.5 Å². The number of nitrogens with zero attached hydrogens (tertiary/aromatic N) is 1. The number of halogens is 1. The van der Waals surface area contributed by atoms with Crippen LogP contribution in [0.4, 0.5) is 5.69 Å². The molecule has 4 rings (SSSR count). The molecule has 1 aromatic carbocycles. The average molecular weight is 477 g/mol. The molecule has 3 aliphatic rings. The van der Waals surface area contributed by atoms with E-state index in [4.69, 9.17) is 4.74 Å². The number of carbonyl (C=O) groups is 4. The van der Waals surface area contributed by atoms with Gasteiger partial charge in [0.15, 0.2) is 6.61 Å². The third-order valence-corrected chi connectivity index (χ3v) is 7.56. The first kappa shape index (κ1) is 21.0. The topological polar surface area (TPSA) is 92.8 Å². The van der Waals surface area contributed by atoms with Gasteiger partial charge in [-0.25, -0.2) is 0 Å². The van der Waals surface area contributed by atoms with Crippen LogP contribution in [-0.2, 0) is 23.9 Å². The summed E-state index contributed by atoms with van der Waals surface area (Å²) < 4.78 is 5.99. The van der Waals surface area contributed by atoms with Crippen molar-refractivity contribution >= 4 is 45.3 Å². The van der Waals surface area contributed by atoms with Crippen LogP contribution in [0.2, 0.25) is 0 Å². The first-order valence-electron chi connectivity index (χ1n) is 10.3. The lowest BCUT2D eigenvalue weighted by Gasteiger charge is -2.19. The number of likely N-dealkylation sites (tertiary alicyclic amines) is 1. The Balaban J connectivity index is 1.25. The van der Waals surface area contributed by atoms with E-state index in [0.717, 1.165) is 34.9 Å². The molecule has 0 aromatic heterocycles. The van der Waals surface area contributed by atoms with Gasteiger partial charge in [0.2, 0.25) is 11.8 Å². The fraction of sp³-hybridized carbons (Fsp3) is 0.545. The summed E-state index contributed by atoms with van der Waals surface area (Å²) in [6, 6.07) is 3.75. The number of hydrogen-bond donors (Lipinski definition) is 1. The summed E-state index contributed by atoms with van der Waals surface area (Å²) in [6.07, 6.45) is 2.92. The van der Waals surface area contributed by atoms with Gasteiger partial charge in [-0.2, -0.15) is 0 Å². The average Bonchev–Trinajstić information content (AvgIpc) is 3.37. The summed E-state index contributed by atoms with van der Waals surface area (Å²) in [5.74, 6) is -1.04. The molecule has 1 aromatic rings. The van der Waals surface area contributed by atoms with Gasteiger partial charge in [-0.15, -0.1) is 0 Å². The van der Waals surface area contributed by atoms with Gasteiger partial charge in [0, 0.05) is 16.7 Å². The van der Waals surface area contributed by atoms with Crippen LogP contribution in [0.3, 0.4) is 0 Å². The highest BCUT2D eigenvalue weighted by molar-refractivity contribution is 9.10. The number of nitrogens with one attached hydrogen (secondary N) is 1. The number of ether oxygens (including phenoxy) is 1. The Hall–Kier alpha value is -2.22. The van der Waals surface area contributed by atoms with E-state index in [-0.39, 0.29) is 36.6 Å². The maximum absolute atomic E-state index is 12.6. The molecule has 1 N–H and O–H groups in total. The molecule has 0 radical (unpaired) electrons. The molecule has 3 fully saturated rings. The quantitative estimate of drug-likeness (QED) is 0.503. The number of imide groups is 1. The Morgan fingerprint density at radius 1 is 1.10 bits per heavy atom. The molecule has 2 bridgehead atoms. The van der Waals surface area contributed by atoms with E-state index in [1.807, 2.05) is 26.0 Å². The minimum atomic E-state index is -0.602. The lowest BCUT2D eigenvalue weighted by molar-refractivity contribution is -0.149. The zero-order valence-electron chi connectivity index (χ0n) is 17.1. The number of benzene rings is 1. The lowest BCUT2D eigenvalue weighted by atomic mass is 9.81. The maximum Gasteiger partial charge on any atom is 0.308 e. The minimum absolute atomic E-state index is 0.0234. The number of carbonyl (C=O) groups excluding carboxylic acids is 4. The molecule has 8 heteroatoms. The minimum Gasteiger partial charge on any atom is -0.456 e. The third kappa shape index (κ3) is 3.77. The predicted molar refractivity (Wildman–Crippen MR) is 112 cm³/mol. The molecule has 0 unspecified atom stereocenters. The lowest BCUT2D eigenvalue weighted by Crippen LogP contribution is -2.35. The van der Waals surface area contributed by atoms with Crippen molar-refractivity contribution in [1.82, 2.24) is 4.90 Å². The number of fused-ring (bicyclic) bond motifs is 5. The first-order chi connectivity index (χ1) is 14.3. The van der Waals surface area contributed by atoms with Crippen molar-refractivity contribution < 1.29 is 23.9 Å². The van der Waals surface area contributed by atoms with E-state index in [1.54, 1.807) is 0 Å². The zero-order valence-corrected chi connectivity index (χ0v) is 18.7. The molecule has 3 amide bonds. The standard InChI is InChI=1S/C22H25BrN2O5/c1-11-8-16(12(2)7-15(11)23)24-17(26)10-30-18(27)5-6-25-21(28)19-13-3-4-14(9-13)20(19)22(25)29/h7-8,13-14,19-20H,3-6,9-10H2,1-2H3,(H,24,26)/t13-,14-,19-,20+/m0/s1. The first-order valence-corrected chi connectivity index (χ1v) is 11.1. The van der Waals surface area contributed by atoms with Gasteiger partial charge >= 0.3 is 5.97 Å². The van der Waals surface area contributed by atoms with Crippen LogP contribution in [0.5, 0.6) is 0 Å². The summed E-state index contributed by atoms with van der Waals surface area (Å²) in [7, 11) is 0. The smallest absolute Gasteiger partial charge is 0.308 e. The van der Waals surface area contributed by atoms with Crippen LogP contribution in [0, 0.1) is 37.5 Å². The van der Waals surface area contributed by atoms with Gasteiger partial charge in [0.1, 0.15) is 0 Å². The monoisotopic (exact) mass is 476 g/mol. The number of rotatable bonds is 6.